The van der Waals surface area contributed by atoms with Crippen LogP contribution in [0.5, 0.6) is 0 Å². The Morgan fingerprint density at radius 2 is 1.18 bits per heavy atom. The van der Waals surface area contributed by atoms with Crippen LogP contribution in [-0.2, 0) is 0 Å². The normalized spacial score (nSPS) is 15.7. The third-order valence-corrected chi connectivity index (χ3v) is 3.53. The van der Waals surface area contributed by atoms with E-state index in [0.29, 0.717) is 0 Å². The van der Waals surface area contributed by atoms with Gasteiger partial charge in [-0.25, -0.2) is 0 Å². The molecule has 0 aromatic heterocycles. The Labute approximate surface area is 110 Å². The van der Waals surface area contributed by atoms with Crippen LogP contribution in [0.25, 0.3) is 0 Å². The van der Waals surface area contributed by atoms with Crippen molar-refractivity contribution >= 4 is 0 Å². The van der Waals surface area contributed by atoms with Crippen molar-refractivity contribution in [2.45, 2.75) is 85.0 Å². The highest BCUT2D eigenvalue weighted by atomic mass is 15.1. The van der Waals surface area contributed by atoms with Crippen LogP contribution < -0.4 is 0 Å². The molecule has 0 aromatic rings. The molecule has 0 aromatic carbocycles. The Bertz CT molecular complexity index is 127. The summed E-state index contributed by atoms with van der Waals surface area (Å²) in [6.07, 6.45) is 14.5. The minimum Gasteiger partial charge on any atom is -0.303 e. The fourth-order valence-corrected chi connectivity index (χ4v) is 2.48. The summed E-state index contributed by atoms with van der Waals surface area (Å²) in [5.74, 6) is 0. The summed E-state index contributed by atoms with van der Waals surface area (Å²) < 4.78 is 0. The number of hydrogen-bond donors (Lipinski definition) is 0. The van der Waals surface area contributed by atoms with Crippen molar-refractivity contribution < 1.29 is 0 Å². The highest BCUT2D eigenvalue weighted by Crippen LogP contribution is 2.11. The van der Waals surface area contributed by atoms with E-state index in [1.54, 1.807) is 0 Å². The first-order valence-corrected chi connectivity index (χ1v) is 8.16. The van der Waals surface area contributed by atoms with Gasteiger partial charge in [-0.15, -0.1) is 0 Å². The van der Waals surface area contributed by atoms with Gasteiger partial charge in [0.1, 0.15) is 0 Å². The van der Waals surface area contributed by atoms with Crippen molar-refractivity contribution in [2.24, 2.45) is 0 Å². The second kappa shape index (κ2) is 14.0. The smallest absolute Gasteiger partial charge is 0.00183 e. The Morgan fingerprint density at radius 3 is 1.71 bits per heavy atom. The first-order chi connectivity index (χ1) is 8.43. The molecule has 1 rings (SSSR count). The average molecular weight is 241 g/mol. The molecule has 0 atom stereocenters. The molecule has 0 N–H and O–H groups in total. The maximum absolute atomic E-state index is 2.64. The lowest BCUT2D eigenvalue weighted by Gasteiger charge is -2.13. The topological polar surface area (TPSA) is 3.24 Å². The second-order valence-corrected chi connectivity index (χ2v) is 5.02. The number of rotatable bonds is 9. The van der Waals surface area contributed by atoms with E-state index >= 15 is 0 Å². The van der Waals surface area contributed by atoms with Crippen molar-refractivity contribution in [1.82, 2.24) is 4.90 Å². The zero-order valence-corrected chi connectivity index (χ0v) is 12.6. The van der Waals surface area contributed by atoms with Crippen LogP contribution in [0, 0.1) is 0 Å². The quantitative estimate of drug-likeness (QED) is 0.498. The summed E-state index contributed by atoms with van der Waals surface area (Å²) in [7, 11) is 0. The highest BCUT2D eigenvalue weighted by molar-refractivity contribution is 4.65. The predicted molar refractivity (Wildman–Crippen MR) is 79.6 cm³/mol. The Hall–Kier alpha value is -0.0400. The van der Waals surface area contributed by atoms with Crippen LogP contribution in [0.2, 0.25) is 0 Å². The molecule has 0 unspecified atom stereocenters. The van der Waals surface area contributed by atoms with Gasteiger partial charge in [-0.1, -0.05) is 65.7 Å². The van der Waals surface area contributed by atoms with Gasteiger partial charge in [0.25, 0.3) is 0 Å². The molecule has 1 aliphatic heterocycles. The summed E-state index contributed by atoms with van der Waals surface area (Å²) in [6, 6.07) is 0. The van der Waals surface area contributed by atoms with Gasteiger partial charge in [-0.2, -0.15) is 0 Å². The molecule has 0 bridgehead atoms. The first-order valence-electron chi connectivity index (χ1n) is 8.16. The van der Waals surface area contributed by atoms with Crippen LogP contribution in [0.15, 0.2) is 0 Å². The summed E-state index contributed by atoms with van der Waals surface area (Å²) in [5, 5.41) is 0. The average Bonchev–Trinajstić information content (AvgIpc) is 2.88. The zero-order chi connectivity index (χ0) is 12.8. The van der Waals surface area contributed by atoms with Gasteiger partial charge in [0.15, 0.2) is 0 Å². The maximum atomic E-state index is 2.64. The third-order valence-electron chi connectivity index (χ3n) is 3.53. The van der Waals surface area contributed by atoms with E-state index in [1.807, 2.05) is 13.8 Å². The molecule has 0 spiro atoms. The summed E-state index contributed by atoms with van der Waals surface area (Å²) in [6.45, 7) is 10.4. The van der Waals surface area contributed by atoms with Crippen molar-refractivity contribution in [3.8, 4) is 0 Å². The van der Waals surface area contributed by atoms with Crippen LogP contribution in [0.3, 0.4) is 0 Å². The molecule has 1 saturated heterocycles. The lowest BCUT2D eigenvalue weighted by atomic mass is 10.1. The Kier molecular flexibility index (Phi) is 14.0. The largest absolute Gasteiger partial charge is 0.303 e. The van der Waals surface area contributed by atoms with Crippen LogP contribution in [0.4, 0.5) is 0 Å². The maximum Gasteiger partial charge on any atom is -0.00183 e. The van der Waals surface area contributed by atoms with Crippen LogP contribution in [-0.4, -0.2) is 24.5 Å². The summed E-state index contributed by atoms with van der Waals surface area (Å²) in [5.41, 5.74) is 0. The molecule has 0 radical (unpaired) electrons. The van der Waals surface area contributed by atoms with E-state index in [-0.39, 0.29) is 0 Å². The molecule has 1 aliphatic rings. The van der Waals surface area contributed by atoms with Crippen molar-refractivity contribution in [3.05, 3.63) is 0 Å². The van der Waals surface area contributed by atoms with E-state index in [0.717, 1.165) is 0 Å². The molecule has 1 fully saturated rings. The van der Waals surface area contributed by atoms with E-state index in [4.69, 9.17) is 0 Å². The minimum absolute atomic E-state index is 1.37. The lowest BCUT2D eigenvalue weighted by Crippen LogP contribution is -2.20. The fourth-order valence-electron chi connectivity index (χ4n) is 2.48. The molecule has 17 heavy (non-hydrogen) atoms. The Morgan fingerprint density at radius 1 is 0.706 bits per heavy atom. The Balaban J connectivity index is 0.00000121. The SMILES string of the molecule is CC.CCCCCCCCCCN1CCCC1. The molecule has 0 saturated carbocycles. The van der Waals surface area contributed by atoms with Gasteiger partial charge in [0.05, 0.1) is 0 Å². The molecular weight excluding hydrogens is 206 g/mol. The van der Waals surface area contributed by atoms with Crippen LogP contribution in [0.1, 0.15) is 85.0 Å². The lowest BCUT2D eigenvalue weighted by molar-refractivity contribution is 0.327. The molecular formula is C16H35N. The number of nitrogens with zero attached hydrogens (tertiary/aromatic N) is 1. The van der Waals surface area contributed by atoms with Crippen LogP contribution >= 0.6 is 0 Å². The highest BCUT2D eigenvalue weighted by Gasteiger charge is 2.09. The molecule has 1 heterocycles. The standard InChI is InChI=1S/C14H29N.C2H6/c1-2-3-4-5-6-7-8-9-12-15-13-10-11-14-15;1-2/h2-14H2,1H3;1-2H3. The summed E-state index contributed by atoms with van der Waals surface area (Å²) in [4.78, 5) is 2.64. The van der Waals surface area contributed by atoms with Crippen molar-refractivity contribution in [3.63, 3.8) is 0 Å². The van der Waals surface area contributed by atoms with Gasteiger partial charge >= 0.3 is 0 Å². The molecule has 104 valence electrons. The zero-order valence-electron chi connectivity index (χ0n) is 12.6. The van der Waals surface area contributed by atoms with Gasteiger partial charge in [0.2, 0.25) is 0 Å². The minimum atomic E-state index is 1.37. The number of unbranched alkanes of at least 4 members (excludes halogenated alkanes) is 7. The van der Waals surface area contributed by atoms with Crippen molar-refractivity contribution in [2.75, 3.05) is 19.6 Å². The van der Waals surface area contributed by atoms with E-state index < -0.39 is 0 Å². The second-order valence-electron chi connectivity index (χ2n) is 5.02. The molecule has 1 heteroatoms. The number of likely N-dealkylation sites (tertiary alicyclic amines) is 1. The van der Waals surface area contributed by atoms with E-state index in [2.05, 4.69) is 11.8 Å². The van der Waals surface area contributed by atoms with Gasteiger partial charge in [-0.3, -0.25) is 0 Å². The van der Waals surface area contributed by atoms with Gasteiger partial charge in [0, 0.05) is 0 Å². The number of hydrogen-bond acceptors (Lipinski definition) is 1. The van der Waals surface area contributed by atoms with E-state index in [9.17, 15) is 0 Å². The molecule has 0 aliphatic carbocycles. The predicted octanol–water partition coefficient (Wildman–Crippen LogP) is 5.25. The first kappa shape index (κ1) is 17.0. The fraction of sp³-hybridized carbons (Fsp3) is 1.00. The summed E-state index contributed by atoms with van der Waals surface area (Å²) >= 11 is 0. The monoisotopic (exact) mass is 241 g/mol. The molecule has 0 amide bonds. The van der Waals surface area contributed by atoms with Gasteiger partial charge in [-0.05, 0) is 38.9 Å². The van der Waals surface area contributed by atoms with Crippen molar-refractivity contribution in [1.29, 1.82) is 0 Å². The molecule has 1 nitrogen and oxygen atoms in total. The van der Waals surface area contributed by atoms with E-state index in [1.165, 1.54) is 83.8 Å². The van der Waals surface area contributed by atoms with Gasteiger partial charge < -0.3 is 4.90 Å². The third kappa shape index (κ3) is 10.8.